The molecule has 11 nitrogen and oxygen atoms in total. The summed E-state index contributed by atoms with van der Waals surface area (Å²) in [6, 6.07) is 28.7. The number of aromatic nitrogens is 2. The first-order valence-electron chi connectivity index (χ1n) is 22.9. The van der Waals surface area contributed by atoms with Crippen LogP contribution < -0.4 is 24.3 Å². The second-order valence-electron chi connectivity index (χ2n) is 15.7. The molecule has 346 valence electrons. The summed E-state index contributed by atoms with van der Waals surface area (Å²) in [5.41, 5.74) is 6.28. The van der Waals surface area contributed by atoms with Crippen molar-refractivity contribution in [1.29, 1.82) is 0 Å². The van der Waals surface area contributed by atoms with E-state index in [2.05, 4.69) is 75.8 Å². The van der Waals surface area contributed by atoms with Crippen LogP contribution in [0.3, 0.4) is 0 Å². The van der Waals surface area contributed by atoms with Crippen molar-refractivity contribution >= 4 is 69.0 Å². The van der Waals surface area contributed by atoms with Crippen molar-refractivity contribution in [3.8, 4) is 0 Å². The summed E-state index contributed by atoms with van der Waals surface area (Å²) < 4.78 is 3.93. The molecule has 0 aliphatic carbocycles. The number of aliphatic hydroxyl groups excluding tert-OH is 4. The third-order valence-electron chi connectivity index (χ3n) is 10.6. The van der Waals surface area contributed by atoms with Gasteiger partial charge >= 0.3 is 0 Å². The molecule has 0 aliphatic rings. The summed E-state index contributed by atoms with van der Waals surface area (Å²) in [5, 5.41) is 39.9. The standard InChI is InChI=1S/C51H70N5O6S2/c57-36-9-5-30-53(31-6-10-37-58)48-25-19-44(20-26-48)17-23-46-14-1-3-34-55(46)42-50(61)16-13-40-63-64-41-29-52-51(62)43-56-35-4-2-15-47(56)24-18-45-21-27-49(28-22-45)54(32-7-11-38-59)33-8-12-39-60/h1-4,14-15,17-28,34-35,57-60H,5-13,16,29-33,36-43H2/q+1/p+1. The van der Waals surface area contributed by atoms with Gasteiger partial charge in [-0.2, -0.15) is 9.13 Å². The second kappa shape index (κ2) is 32.2. The molecule has 0 saturated carbocycles. The van der Waals surface area contributed by atoms with Crippen molar-refractivity contribution < 1.29 is 39.1 Å². The van der Waals surface area contributed by atoms with Crippen molar-refractivity contribution in [2.45, 2.75) is 77.3 Å². The number of hydrogen-bond acceptors (Lipinski definition) is 10. The van der Waals surface area contributed by atoms with Crippen LogP contribution in [-0.4, -0.2) is 103 Å². The van der Waals surface area contributed by atoms with Gasteiger partial charge in [-0.3, -0.25) is 9.59 Å². The number of rotatable bonds is 34. The molecular weight excluding hydrogens is 843 g/mol. The molecule has 4 aromatic rings. The SMILES string of the molecule is O=C(CCCSSCCNC(=O)C[n+]1ccccc1/C=C/c1ccc(N(CCCCO)CCCCO)cc1)C[n+]1ccccc1/C=C/c1ccc(N(CCCCO)CCCCO)cc1. The van der Waals surface area contributed by atoms with Gasteiger partial charge in [0.1, 0.15) is 0 Å². The average molecular weight is 914 g/mol. The van der Waals surface area contributed by atoms with Crippen LogP contribution in [0.5, 0.6) is 0 Å². The van der Waals surface area contributed by atoms with E-state index >= 15 is 0 Å². The number of pyridine rings is 2. The lowest BCUT2D eigenvalue weighted by Crippen LogP contribution is -2.45. The summed E-state index contributed by atoms with van der Waals surface area (Å²) in [4.78, 5) is 30.5. The van der Waals surface area contributed by atoms with E-state index in [1.165, 1.54) is 0 Å². The van der Waals surface area contributed by atoms with Gasteiger partial charge in [-0.25, -0.2) is 0 Å². The number of hydrogen-bond donors (Lipinski definition) is 5. The van der Waals surface area contributed by atoms with Crippen LogP contribution in [-0.2, 0) is 22.7 Å². The first-order chi connectivity index (χ1) is 31.4. The molecule has 0 aliphatic heterocycles. The first kappa shape index (κ1) is 52.1. The first-order valence-corrected chi connectivity index (χ1v) is 25.4. The molecule has 0 fully saturated rings. The molecular formula is C51H71N5O6S2+2. The molecule has 2 heterocycles. The third-order valence-corrected chi connectivity index (χ3v) is 13.1. The lowest BCUT2D eigenvalue weighted by Gasteiger charge is -2.25. The number of amides is 1. The number of benzene rings is 2. The molecule has 0 atom stereocenters. The third kappa shape index (κ3) is 20.6. The smallest absolute Gasteiger partial charge is 0.286 e. The van der Waals surface area contributed by atoms with E-state index in [4.69, 9.17) is 0 Å². The van der Waals surface area contributed by atoms with Crippen LogP contribution >= 0.6 is 21.6 Å². The number of nitrogens with one attached hydrogen (secondary N) is 1. The largest absolute Gasteiger partial charge is 0.396 e. The van der Waals surface area contributed by atoms with Crippen LogP contribution in [0.25, 0.3) is 24.3 Å². The van der Waals surface area contributed by atoms with E-state index < -0.39 is 0 Å². The van der Waals surface area contributed by atoms with E-state index in [0.29, 0.717) is 19.5 Å². The Kier molecular flexibility index (Phi) is 26.2. The normalized spacial score (nSPS) is 11.4. The molecule has 13 heteroatoms. The van der Waals surface area contributed by atoms with Crippen LogP contribution in [0.1, 0.15) is 86.7 Å². The van der Waals surface area contributed by atoms with Gasteiger partial charge in [0.2, 0.25) is 24.5 Å². The quantitative estimate of drug-likeness (QED) is 0.0192. The van der Waals surface area contributed by atoms with Crippen molar-refractivity contribution in [2.75, 3.05) is 80.5 Å². The van der Waals surface area contributed by atoms with Crippen LogP contribution in [0.4, 0.5) is 11.4 Å². The number of carbonyl (C=O) groups excluding carboxylic acids is 2. The molecule has 4 rings (SSSR count). The minimum Gasteiger partial charge on any atom is -0.396 e. The highest BCUT2D eigenvalue weighted by molar-refractivity contribution is 8.76. The van der Waals surface area contributed by atoms with E-state index in [-0.39, 0.29) is 44.7 Å². The lowest BCUT2D eigenvalue weighted by molar-refractivity contribution is -0.686. The Balaban J connectivity index is 1.14. The van der Waals surface area contributed by atoms with Gasteiger partial charge in [-0.15, -0.1) is 0 Å². The molecule has 5 N–H and O–H groups in total. The van der Waals surface area contributed by atoms with Gasteiger partial charge in [0.05, 0.1) is 0 Å². The fourth-order valence-electron chi connectivity index (χ4n) is 7.08. The number of nitrogens with zero attached hydrogens (tertiary/aromatic N) is 4. The zero-order chi connectivity index (χ0) is 45.5. The molecule has 0 bridgehead atoms. The zero-order valence-corrected chi connectivity index (χ0v) is 39.2. The maximum atomic E-state index is 13.0. The van der Waals surface area contributed by atoms with Gasteiger partial charge in [-0.1, -0.05) is 45.9 Å². The summed E-state index contributed by atoms with van der Waals surface area (Å²) in [7, 11) is 3.44. The second-order valence-corrected chi connectivity index (χ2v) is 18.4. The van der Waals surface area contributed by atoms with E-state index in [9.17, 15) is 30.0 Å². The van der Waals surface area contributed by atoms with Gasteiger partial charge in [-0.05, 0) is 117 Å². The van der Waals surface area contributed by atoms with Crippen molar-refractivity contribution in [3.05, 3.63) is 120 Å². The average Bonchev–Trinajstić information content (AvgIpc) is 3.31. The summed E-state index contributed by atoms with van der Waals surface area (Å²) in [5.74, 6) is 1.79. The Morgan fingerprint density at radius 3 is 1.41 bits per heavy atom. The number of anilines is 2. The molecule has 0 spiro atoms. The Morgan fingerprint density at radius 2 is 0.953 bits per heavy atom. The summed E-state index contributed by atoms with van der Waals surface area (Å²) >= 11 is 0. The number of unbranched alkanes of at least 4 members (excludes halogenated alkanes) is 4. The number of carbonyl (C=O) groups is 2. The molecule has 2 aromatic heterocycles. The Morgan fingerprint density at radius 1 is 0.516 bits per heavy atom. The van der Waals surface area contributed by atoms with Crippen molar-refractivity contribution in [2.24, 2.45) is 0 Å². The predicted octanol–water partition coefficient (Wildman–Crippen LogP) is 6.85. The maximum Gasteiger partial charge on any atom is 0.286 e. The molecule has 64 heavy (non-hydrogen) atoms. The molecule has 1 amide bonds. The lowest BCUT2D eigenvalue weighted by atomic mass is 10.1. The Bertz CT molecular complexity index is 1800. The molecule has 2 aromatic carbocycles. The van der Waals surface area contributed by atoms with Crippen LogP contribution in [0, 0.1) is 0 Å². The molecule has 0 unspecified atom stereocenters. The summed E-state index contributed by atoms with van der Waals surface area (Å²) in [6.07, 6.45) is 20.1. The topological polar surface area (TPSA) is 141 Å². The number of Topliss-reactive ketones (excluding diaryl/α,β-unsaturated/α-hetero) is 1. The van der Waals surface area contributed by atoms with E-state index in [1.54, 1.807) is 21.6 Å². The highest BCUT2D eigenvalue weighted by Gasteiger charge is 2.15. The molecule has 0 saturated heterocycles. The van der Waals surface area contributed by atoms with E-state index in [1.807, 2.05) is 70.1 Å². The van der Waals surface area contributed by atoms with Crippen molar-refractivity contribution in [3.63, 3.8) is 0 Å². The Hall–Kier alpha value is -4.50. The van der Waals surface area contributed by atoms with Gasteiger partial charge in [0.15, 0.2) is 18.2 Å². The van der Waals surface area contributed by atoms with Crippen LogP contribution in [0.2, 0.25) is 0 Å². The maximum absolute atomic E-state index is 13.0. The van der Waals surface area contributed by atoms with Gasteiger partial charge < -0.3 is 35.5 Å². The number of ketones is 1. The molecule has 0 radical (unpaired) electrons. The summed E-state index contributed by atoms with van der Waals surface area (Å²) in [6.45, 7) is 5.36. The number of aliphatic hydroxyl groups is 4. The van der Waals surface area contributed by atoms with Crippen molar-refractivity contribution in [1.82, 2.24) is 5.32 Å². The van der Waals surface area contributed by atoms with Gasteiger partial charge in [0.25, 0.3) is 5.91 Å². The highest BCUT2D eigenvalue weighted by atomic mass is 33.1. The van der Waals surface area contributed by atoms with Gasteiger partial charge in [0, 0.05) is 125 Å². The predicted molar refractivity (Wildman–Crippen MR) is 266 cm³/mol. The zero-order valence-electron chi connectivity index (χ0n) is 37.5. The minimum atomic E-state index is -0.0433. The fourth-order valence-corrected chi connectivity index (χ4v) is 9.08. The Labute approximate surface area is 389 Å². The highest BCUT2D eigenvalue weighted by Crippen LogP contribution is 2.22. The van der Waals surface area contributed by atoms with E-state index in [0.717, 1.165) is 129 Å². The fraction of sp³-hybridized carbons (Fsp3) is 0.451. The van der Waals surface area contributed by atoms with Crippen LogP contribution in [0.15, 0.2) is 97.3 Å². The minimum absolute atomic E-state index is 0.0433. The monoisotopic (exact) mass is 913 g/mol.